The predicted molar refractivity (Wildman–Crippen MR) is 65.7 cm³/mol. The Hall–Kier alpha value is -1.40. The Labute approximate surface area is 110 Å². The smallest absolute Gasteiger partial charge is 0.264 e. The van der Waals surface area contributed by atoms with Crippen molar-refractivity contribution in [1.29, 1.82) is 0 Å². The number of piperazine rings is 1. The van der Waals surface area contributed by atoms with Crippen LogP contribution in [0.4, 0.5) is 8.78 Å². The number of hydrogen-bond acceptors (Lipinski definition) is 4. The molecule has 0 unspecified atom stereocenters. The van der Waals surface area contributed by atoms with Crippen molar-refractivity contribution >= 4 is 0 Å². The molecule has 0 saturated carbocycles. The number of alkyl halides is 2. The second-order valence-electron chi connectivity index (χ2n) is 4.73. The number of hydrogen-bond donors (Lipinski definition) is 1. The molecule has 0 amide bonds. The zero-order valence-electron chi connectivity index (χ0n) is 10.5. The molecule has 1 aromatic carbocycles. The Morgan fingerprint density at radius 3 is 2.53 bits per heavy atom. The fraction of sp³-hybridized carbons (Fsp3) is 0.538. The highest BCUT2D eigenvalue weighted by atomic mass is 19.3. The normalized spacial score (nSPS) is 19.1. The minimum Gasteiger partial charge on any atom is -0.454 e. The van der Waals surface area contributed by atoms with Gasteiger partial charge in [0.2, 0.25) is 6.79 Å². The van der Waals surface area contributed by atoms with E-state index in [9.17, 15) is 8.78 Å². The first-order chi connectivity index (χ1) is 9.24. The summed E-state index contributed by atoms with van der Waals surface area (Å²) in [5, 5.41) is 3.25. The first kappa shape index (κ1) is 12.6. The van der Waals surface area contributed by atoms with Crippen LogP contribution in [-0.2, 0) is 6.54 Å². The lowest BCUT2D eigenvalue weighted by atomic mass is 10.1. The van der Waals surface area contributed by atoms with Crippen LogP contribution in [0, 0.1) is 0 Å². The summed E-state index contributed by atoms with van der Waals surface area (Å²) < 4.78 is 36.7. The van der Waals surface area contributed by atoms with Gasteiger partial charge in [0.1, 0.15) is 0 Å². The van der Waals surface area contributed by atoms with Gasteiger partial charge in [-0.3, -0.25) is 4.90 Å². The summed E-state index contributed by atoms with van der Waals surface area (Å²) in [6.07, 6.45) is -2.49. The quantitative estimate of drug-likeness (QED) is 0.907. The molecule has 104 valence electrons. The Balaban J connectivity index is 1.85. The first-order valence-electron chi connectivity index (χ1n) is 6.37. The van der Waals surface area contributed by atoms with Gasteiger partial charge in [-0.05, 0) is 17.7 Å². The molecule has 0 bridgehead atoms. The van der Waals surface area contributed by atoms with Crippen LogP contribution < -0.4 is 14.8 Å². The fourth-order valence-electron chi connectivity index (χ4n) is 2.45. The molecule has 0 radical (unpaired) electrons. The summed E-state index contributed by atoms with van der Waals surface area (Å²) in [6.45, 7) is 4.17. The van der Waals surface area contributed by atoms with Gasteiger partial charge in [-0.1, -0.05) is 0 Å². The van der Waals surface area contributed by atoms with E-state index in [1.54, 1.807) is 6.07 Å². The van der Waals surface area contributed by atoms with Crippen molar-refractivity contribution in [2.24, 2.45) is 0 Å². The van der Waals surface area contributed by atoms with E-state index >= 15 is 0 Å². The van der Waals surface area contributed by atoms with Crippen molar-refractivity contribution < 1.29 is 18.3 Å². The summed E-state index contributed by atoms with van der Waals surface area (Å²) in [6, 6.07) is 3.09. The van der Waals surface area contributed by atoms with Crippen LogP contribution in [-0.4, -0.2) is 37.9 Å². The summed E-state index contributed by atoms with van der Waals surface area (Å²) >= 11 is 0. The van der Waals surface area contributed by atoms with E-state index in [4.69, 9.17) is 9.47 Å². The molecular formula is C13H16F2N2O2. The Morgan fingerprint density at radius 2 is 1.84 bits per heavy atom. The molecule has 6 heteroatoms. The number of ether oxygens (including phenoxy) is 2. The maximum atomic E-state index is 13.1. The lowest BCUT2D eigenvalue weighted by Gasteiger charge is -2.28. The molecule has 0 aliphatic carbocycles. The minimum absolute atomic E-state index is 0.0442. The lowest BCUT2D eigenvalue weighted by Crippen LogP contribution is -2.43. The summed E-state index contributed by atoms with van der Waals surface area (Å²) in [7, 11) is 0. The van der Waals surface area contributed by atoms with Gasteiger partial charge in [0.05, 0.1) is 0 Å². The molecule has 0 spiro atoms. The highest BCUT2D eigenvalue weighted by Crippen LogP contribution is 2.38. The monoisotopic (exact) mass is 270 g/mol. The van der Waals surface area contributed by atoms with Crippen molar-refractivity contribution in [3.63, 3.8) is 0 Å². The van der Waals surface area contributed by atoms with Crippen molar-refractivity contribution in [2.45, 2.75) is 13.0 Å². The lowest BCUT2D eigenvalue weighted by molar-refractivity contribution is 0.147. The minimum atomic E-state index is -2.49. The molecule has 2 aliphatic heterocycles. The average Bonchev–Trinajstić information content (AvgIpc) is 2.86. The highest BCUT2D eigenvalue weighted by molar-refractivity contribution is 5.49. The summed E-state index contributed by atoms with van der Waals surface area (Å²) in [5.74, 6) is 0.980. The second-order valence-corrected chi connectivity index (χ2v) is 4.73. The van der Waals surface area contributed by atoms with E-state index in [1.807, 2.05) is 0 Å². The number of benzene rings is 1. The molecule has 2 heterocycles. The van der Waals surface area contributed by atoms with E-state index in [2.05, 4.69) is 10.2 Å². The van der Waals surface area contributed by atoms with Gasteiger partial charge in [-0.2, -0.15) is 0 Å². The van der Waals surface area contributed by atoms with E-state index in [0.717, 1.165) is 26.2 Å². The van der Waals surface area contributed by atoms with Crippen molar-refractivity contribution in [3.8, 4) is 11.5 Å². The number of nitrogens with one attached hydrogen (secondary N) is 1. The Morgan fingerprint density at radius 1 is 1.16 bits per heavy atom. The van der Waals surface area contributed by atoms with Crippen molar-refractivity contribution in [1.82, 2.24) is 10.2 Å². The largest absolute Gasteiger partial charge is 0.454 e. The third kappa shape index (κ3) is 2.64. The highest BCUT2D eigenvalue weighted by Gasteiger charge is 2.23. The SMILES string of the molecule is FC(F)c1cc2c(cc1CN1CCNCC1)OCO2. The van der Waals surface area contributed by atoms with Crippen molar-refractivity contribution in [2.75, 3.05) is 33.0 Å². The summed E-state index contributed by atoms with van der Waals surface area (Å²) in [4.78, 5) is 2.17. The molecule has 1 fully saturated rings. The molecule has 2 aliphatic rings. The Bertz CT molecular complexity index is 462. The first-order valence-corrected chi connectivity index (χ1v) is 6.37. The molecule has 0 aromatic heterocycles. The van der Waals surface area contributed by atoms with Crippen LogP contribution in [0.25, 0.3) is 0 Å². The second kappa shape index (κ2) is 5.30. The number of nitrogens with zero attached hydrogens (tertiary/aromatic N) is 1. The predicted octanol–water partition coefficient (Wildman–Crippen LogP) is 1.76. The number of fused-ring (bicyclic) bond motifs is 1. The van der Waals surface area contributed by atoms with Crippen LogP contribution in [0.3, 0.4) is 0 Å². The molecule has 19 heavy (non-hydrogen) atoms. The fourth-order valence-corrected chi connectivity index (χ4v) is 2.45. The van der Waals surface area contributed by atoms with E-state index in [-0.39, 0.29) is 12.4 Å². The van der Waals surface area contributed by atoms with Gasteiger partial charge in [0, 0.05) is 38.3 Å². The van der Waals surface area contributed by atoms with Crippen LogP contribution in [0.5, 0.6) is 11.5 Å². The van der Waals surface area contributed by atoms with Gasteiger partial charge in [-0.15, -0.1) is 0 Å². The standard InChI is InChI=1S/C13H16F2N2O2/c14-13(15)10-6-12-11(18-8-19-12)5-9(10)7-17-3-1-16-2-4-17/h5-6,13,16H,1-4,7-8H2. The Kier molecular flexibility index (Phi) is 3.52. The van der Waals surface area contributed by atoms with Gasteiger partial charge >= 0.3 is 0 Å². The third-order valence-corrected chi connectivity index (χ3v) is 3.47. The van der Waals surface area contributed by atoms with Crippen LogP contribution in [0.15, 0.2) is 12.1 Å². The van der Waals surface area contributed by atoms with E-state index in [1.165, 1.54) is 6.07 Å². The van der Waals surface area contributed by atoms with Crippen LogP contribution >= 0.6 is 0 Å². The van der Waals surface area contributed by atoms with Gasteiger partial charge in [0.15, 0.2) is 11.5 Å². The van der Waals surface area contributed by atoms with Crippen LogP contribution in [0.1, 0.15) is 17.6 Å². The molecular weight excluding hydrogens is 254 g/mol. The molecule has 1 aromatic rings. The van der Waals surface area contributed by atoms with E-state index in [0.29, 0.717) is 23.6 Å². The summed E-state index contributed by atoms with van der Waals surface area (Å²) in [5.41, 5.74) is 0.670. The molecule has 0 atom stereocenters. The zero-order chi connectivity index (χ0) is 13.2. The average molecular weight is 270 g/mol. The van der Waals surface area contributed by atoms with Crippen LogP contribution in [0.2, 0.25) is 0 Å². The molecule has 1 saturated heterocycles. The molecule has 4 nitrogen and oxygen atoms in total. The van der Waals surface area contributed by atoms with Crippen molar-refractivity contribution in [3.05, 3.63) is 23.3 Å². The maximum Gasteiger partial charge on any atom is 0.264 e. The topological polar surface area (TPSA) is 33.7 Å². The third-order valence-electron chi connectivity index (χ3n) is 3.47. The zero-order valence-corrected chi connectivity index (χ0v) is 10.5. The molecule has 1 N–H and O–H groups in total. The maximum absolute atomic E-state index is 13.1. The van der Waals surface area contributed by atoms with Gasteiger partial charge in [0.25, 0.3) is 6.43 Å². The number of halogens is 2. The molecule has 3 rings (SSSR count). The van der Waals surface area contributed by atoms with Gasteiger partial charge in [-0.25, -0.2) is 8.78 Å². The number of rotatable bonds is 3. The van der Waals surface area contributed by atoms with Gasteiger partial charge < -0.3 is 14.8 Å². The van der Waals surface area contributed by atoms with E-state index < -0.39 is 6.43 Å².